The molecule has 0 bridgehead atoms. The predicted molar refractivity (Wildman–Crippen MR) is 109 cm³/mol. The molecule has 0 aliphatic carbocycles. The van der Waals surface area contributed by atoms with Gasteiger partial charge in [0.25, 0.3) is 0 Å². The summed E-state index contributed by atoms with van der Waals surface area (Å²) in [5.41, 5.74) is 0.362. The molecule has 1 saturated heterocycles. The second-order valence-corrected chi connectivity index (χ2v) is 7.46. The van der Waals surface area contributed by atoms with Crippen LogP contribution in [0, 0.1) is 0 Å². The number of rotatable bonds is 3. The summed E-state index contributed by atoms with van der Waals surface area (Å²) in [6.45, 7) is 1.74. The van der Waals surface area contributed by atoms with Crippen molar-refractivity contribution in [3.05, 3.63) is 54.1 Å². The lowest BCUT2D eigenvalue weighted by molar-refractivity contribution is -0.137. The van der Waals surface area contributed by atoms with Crippen LogP contribution in [0.25, 0.3) is 0 Å². The molecule has 2 amide bonds. The summed E-state index contributed by atoms with van der Waals surface area (Å²) in [6.07, 6.45) is -4.21. The number of alkyl halides is 3. The van der Waals surface area contributed by atoms with Gasteiger partial charge in [0.15, 0.2) is 0 Å². The molecule has 164 valence electrons. The lowest BCUT2D eigenvalue weighted by atomic mass is 10.1. The first kappa shape index (κ1) is 21.0. The number of benzene rings is 2. The van der Waals surface area contributed by atoms with Gasteiger partial charge >= 0.3 is 6.18 Å². The van der Waals surface area contributed by atoms with Crippen molar-refractivity contribution in [2.75, 3.05) is 49.1 Å². The maximum atomic E-state index is 13.0. The van der Waals surface area contributed by atoms with E-state index in [1.54, 1.807) is 29.2 Å². The van der Waals surface area contributed by atoms with Gasteiger partial charge in [0.05, 0.1) is 24.3 Å². The number of piperazine rings is 1. The van der Waals surface area contributed by atoms with E-state index in [9.17, 15) is 22.8 Å². The van der Waals surface area contributed by atoms with E-state index in [2.05, 4.69) is 0 Å². The van der Waals surface area contributed by atoms with Crippen molar-refractivity contribution >= 4 is 23.2 Å². The van der Waals surface area contributed by atoms with Gasteiger partial charge < -0.3 is 14.5 Å². The van der Waals surface area contributed by atoms with Crippen LogP contribution < -0.4 is 14.5 Å². The Balaban J connectivity index is 1.41. The van der Waals surface area contributed by atoms with Gasteiger partial charge in [0.2, 0.25) is 11.8 Å². The van der Waals surface area contributed by atoms with Gasteiger partial charge in [-0.15, -0.1) is 0 Å². The van der Waals surface area contributed by atoms with Gasteiger partial charge in [-0.2, -0.15) is 13.2 Å². The summed E-state index contributed by atoms with van der Waals surface area (Å²) >= 11 is 0. The van der Waals surface area contributed by atoms with Crippen LogP contribution in [0.1, 0.15) is 12.0 Å². The van der Waals surface area contributed by atoms with E-state index in [1.165, 1.54) is 11.0 Å². The third kappa shape index (κ3) is 4.60. The van der Waals surface area contributed by atoms with Crippen LogP contribution in [-0.2, 0) is 15.8 Å². The number of ether oxygens (including phenoxy) is 1. The molecule has 0 aromatic heterocycles. The number of amides is 2. The Bertz CT molecular complexity index is 972. The SMILES string of the molecule is O=C(CN1C(=O)CCOc2ccccc21)N1CCN(c2cccc(C(F)(F)F)c2)CC1. The molecule has 0 radical (unpaired) electrons. The Morgan fingerprint density at radius 1 is 1.00 bits per heavy atom. The molecule has 2 heterocycles. The van der Waals surface area contributed by atoms with Crippen molar-refractivity contribution < 1.29 is 27.5 Å². The third-order valence-corrected chi connectivity index (χ3v) is 5.49. The summed E-state index contributed by atoms with van der Waals surface area (Å²) in [6, 6.07) is 12.3. The van der Waals surface area contributed by atoms with Crippen LogP contribution in [0.4, 0.5) is 24.5 Å². The summed E-state index contributed by atoms with van der Waals surface area (Å²) in [5.74, 6) is 0.185. The van der Waals surface area contributed by atoms with E-state index < -0.39 is 11.7 Å². The summed E-state index contributed by atoms with van der Waals surface area (Å²) in [4.78, 5) is 30.3. The van der Waals surface area contributed by atoms with Crippen LogP contribution in [0.5, 0.6) is 5.75 Å². The standard InChI is InChI=1S/C22H22F3N3O3/c23-22(24,25)16-4-3-5-17(14-16)26-9-11-27(12-10-26)21(30)15-28-18-6-1-2-7-19(18)31-13-8-20(28)29/h1-7,14H,8-13,15H2. The van der Waals surface area contributed by atoms with Crippen molar-refractivity contribution in [3.63, 3.8) is 0 Å². The molecule has 2 aliphatic rings. The first-order chi connectivity index (χ1) is 14.8. The molecular weight excluding hydrogens is 411 g/mol. The second-order valence-electron chi connectivity index (χ2n) is 7.46. The highest BCUT2D eigenvalue weighted by Gasteiger charge is 2.32. The molecule has 0 atom stereocenters. The molecule has 6 nitrogen and oxygen atoms in total. The number of carbonyl (C=O) groups is 2. The lowest BCUT2D eigenvalue weighted by Crippen LogP contribution is -2.52. The largest absolute Gasteiger partial charge is 0.491 e. The number of hydrogen-bond donors (Lipinski definition) is 0. The number of hydrogen-bond acceptors (Lipinski definition) is 4. The zero-order chi connectivity index (χ0) is 22.0. The minimum atomic E-state index is -4.40. The molecule has 4 rings (SSSR count). The van der Waals surface area contributed by atoms with Crippen molar-refractivity contribution in [2.45, 2.75) is 12.6 Å². The van der Waals surface area contributed by atoms with E-state index in [0.29, 0.717) is 43.3 Å². The number of carbonyl (C=O) groups excluding carboxylic acids is 2. The van der Waals surface area contributed by atoms with Crippen LogP contribution in [0.15, 0.2) is 48.5 Å². The van der Waals surface area contributed by atoms with Crippen molar-refractivity contribution in [3.8, 4) is 5.75 Å². The van der Waals surface area contributed by atoms with Crippen LogP contribution in [0.3, 0.4) is 0 Å². The highest BCUT2D eigenvalue weighted by Crippen LogP contribution is 2.32. The predicted octanol–water partition coefficient (Wildman–Crippen LogP) is 3.17. The fraction of sp³-hybridized carbons (Fsp3) is 0.364. The third-order valence-electron chi connectivity index (χ3n) is 5.49. The minimum Gasteiger partial charge on any atom is -0.491 e. The number of fused-ring (bicyclic) bond motifs is 1. The zero-order valence-corrected chi connectivity index (χ0v) is 16.8. The molecular formula is C22H22F3N3O3. The molecule has 9 heteroatoms. The number of nitrogens with zero attached hydrogens (tertiary/aromatic N) is 3. The Labute approximate surface area is 177 Å². The molecule has 0 unspecified atom stereocenters. The van der Waals surface area contributed by atoms with Crippen molar-refractivity contribution in [1.82, 2.24) is 4.90 Å². The highest BCUT2D eigenvalue weighted by atomic mass is 19.4. The van der Waals surface area contributed by atoms with Gasteiger partial charge in [-0.3, -0.25) is 14.5 Å². The van der Waals surface area contributed by atoms with Crippen molar-refractivity contribution in [2.24, 2.45) is 0 Å². The van der Waals surface area contributed by atoms with Crippen molar-refractivity contribution in [1.29, 1.82) is 0 Å². The van der Waals surface area contributed by atoms with E-state index in [-0.39, 0.29) is 31.4 Å². The fourth-order valence-electron chi connectivity index (χ4n) is 3.82. The quantitative estimate of drug-likeness (QED) is 0.746. The smallest absolute Gasteiger partial charge is 0.416 e. The number of halogens is 3. The molecule has 2 aromatic carbocycles. The average Bonchev–Trinajstić information content (AvgIpc) is 2.92. The van der Waals surface area contributed by atoms with E-state index >= 15 is 0 Å². The monoisotopic (exact) mass is 433 g/mol. The Morgan fingerprint density at radius 2 is 1.74 bits per heavy atom. The topological polar surface area (TPSA) is 53.1 Å². The zero-order valence-electron chi connectivity index (χ0n) is 16.8. The minimum absolute atomic E-state index is 0.0945. The van der Waals surface area contributed by atoms with Gasteiger partial charge in [0.1, 0.15) is 12.3 Å². The van der Waals surface area contributed by atoms with Gasteiger partial charge in [-0.1, -0.05) is 18.2 Å². The Hall–Kier alpha value is -3.23. The number of anilines is 2. The van der Waals surface area contributed by atoms with Gasteiger partial charge in [-0.05, 0) is 30.3 Å². The molecule has 0 N–H and O–H groups in total. The normalized spacial score (nSPS) is 17.1. The molecule has 0 spiro atoms. The van der Waals surface area contributed by atoms with Gasteiger partial charge in [-0.25, -0.2) is 0 Å². The summed E-state index contributed by atoms with van der Waals surface area (Å²) in [5, 5.41) is 0. The van der Waals surface area contributed by atoms with Crippen LogP contribution in [0.2, 0.25) is 0 Å². The number of para-hydroxylation sites is 2. The summed E-state index contributed by atoms with van der Waals surface area (Å²) in [7, 11) is 0. The van der Waals surface area contributed by atoms with Crippen LogP contribution >= 0.6 is 0 Å². The molecule has 31 heavy (non-hydrogen) atoms. The van der Waals surface area contributed by atoms with E-state index in [4.69, 9.17) is 4.74 Å². The first-order valence-electron chi connectivity index (χ1n) is 10.0. The van der Waals surface area contributed by atoms with E-state index in [1.807, 2.05) is 11.0 Å². The second kappa shape index (κ2) is 8.49. The van der Waals surface area contributed by atoms with Gasteiger partial charge in [0, 0.05) is 31.9 Å². The molecule has 2 aromatic rings. The Morgan fingerprint density at radius 3 is 2.48 bits per heavy atom. The molecule has 0 saturated carbocycles. The molecule has 1 fully saturated rings. The Kier molecular flexibility index (Phi) is 5.75. The maximum absolute atomic E-state index is 13.0. The first-order valence-corrected chi connectivity index (χ1v) is 10.0. The highest BCUT2D eigenvalue weighted by molar-refractivity contribution is 6.00. The fourth-order valence-corrected chi connectivity index (χ4v) is 3.82. The maximum Gasteiger partial charge on any atom is 0.416 e. The van der Waals surface area contributed by atoms with E-state index in [0.717, 1.165) is 12.1 Å². The van der Waals surface area contributed by atoms with Crippen LogP contribution in [-0.4, -0.2) is 56.0 Å². The summed E-state index contributed by atoms with van der Waals surface area (Å²) < 4.78 is 44.5. The molecule has 2 aliphatic heterocycles. The average molecular weight is 433 g/mol. The lowest BCUT2D eigenvalue weighted by Gasteiger charge is -2.37.